The number of nitrogens with zero attached hydrogens (tertiary/aromatic N) is 2. The minimum atomic E-state index is 0.521. The normalized spacial score (nSPS) is 11.3. The number of nitrogens with one attached hydrogen (secondary N) is 1. The topological polar surface area (TPSA) is 51.0 Å². The number of benzene rings is 1. The fourth-order valence-electron chi connectivity index (χ4n) is 2.19. The molecule has 114 valence electrons. The molecule has 0 aliphatic carbocycles. The van der Waals surface area contributed by atoms with Gasteiger partial charge in [0, 0.05) is 18.9 Å². The Labute approximate surface area is 127 Å². The first kappa shape index (κ1) is 15.7. The van der Waals surface area contributed by atoms with Gasteiger partial charge in [-0.2, -0.15) is 4.98 Å². The number of hydrogen-bond donors (Lipinski definition) is 1. The van der Waals surface area contributed by atoms with E-state index < -0.39 is 0 Å². The smallest absolute Gasteiger partial charge is 0.226 e. The summed E-state index contributed by atoms with van der Waals surface area (Å²) < 4.78 is 5.31. The van der Waals surface area contributed by atoms with Crippen LogP contribution in [0.3, 0.4) is 0 Å². The highest BCUT2D eigenvalue weighted by molar-refractivity contribution is 5.31. The van der Waals surface area contributed by atoms with E-state index in [1.165, 1.54) is 16.7 Å². The first-order valence-corrected chi connectivity index (χ1v) is 7.65. The van der Waals surface area contributed by atoms with Crippen LogP contribution in [0, 0.1) is 13.8 Å². The van der Waals surface area contributed by atoms with Gasteiger partial charge < -0.3 is 9.84 Å². The predicted octanol–water partition coefficient (Wildman–Crippen LogP) is 3.21. The average Bonchev–Trinajstić information content (AvgIpc) is 2.86. The van der Waals surface area contributed by atoms with E-state index in [1.54, 1.807) is 0 Å². The lowest BCUT2D eigenvalue weighted by molar-refractivity contribution is 0.369. The first-order valence-electron chi connectivity index (χ1n) is 7.65. The molecular formula is C17H25N3O. The van der Waals surface area contributed by atoms with Gasteiger partial charge in [0.2, 0.25) is 5.89 Å². The average molecular weight is 287 g/mol. The zero-order valence-corrected chi connectivity index (χ0v) is 13.4. The molecule has 1 heterocycles. The summed E-state index contributed by atoms with van der Waals surface area (Å²) in [5.74, 6) is 1.50. The quantitative estimate of drug-likeness (QED) is 0.794. The summed E-state index contributed by atoms with van der Waals surface area (Å²) in [5, 5.41) is 7.45. The molecule has 1 N–H and O–H groups in total. The summed E-state index contributed by atoms with van der Waals surface area (Å²) >= 11 is 0. The Hall–Kier alpha value is -1.68. The molecule has 0 aliphatic heterocycles. The van der Waals surface area contributed by atoms with Gasteiger partial charge in [-0.15, -0.1) is 0 Å². The molecule has 0 spiro atoms. The molecule has 2 aromatic rings. The zero-order chi connectivity index (χ0) is 15.2. The molecule has 0 aliphatic rings. The lowest BCUT2D eigenvalue weighted by Crippen LogP contribution is -2.23. The van der Waals surface area contributed by atoms with Crippen molar-refractivity contribution in [2.24, 2.45) is 0 Å². The molecule has 0 saturated carbocycles. The van der Waals surface area contributed by atoms with E-state index in [0.29, 0.717) is 6.04 Å². The van der Waals surface area contributed by atoms with E-state index in [1.807, 2.05) is 0 Å². The van der Waals surface area contributed by atoms with Gasteiger partial charge in [-0.1, -0.05) is 37.2 Å². The van der Waals surface area contributed by atoms with Gasteiger partial charge >= 0.3 is 0 Å². The SMILES string of the molecule is Cc1ccc(Cc2noc(CCCNC(C)C)n2)cc1C. The Morgan fingerprint density at radius 1 is 1.19 bits per heavy atom. The van der Waals surface area contributed by atoms with Crippen LogP contribution in [-0.4, -0.2) is 22.7 Å². The maximum Gasteiger partial charge on any atom is 0.226 e. The highest BCUT2D eigenvalue weighted by atomic mass is 16.5. The van der Waals surface area contributed by atoms with Crippen LogP contribution in [-0.2, 0) is 12.8 Å². The highest BCUT2D eigenvalue weighted by Gasteiger charge is 2.07. The molecular weight excluding hydrogens is 262 g/mol. The van der Waals surface area contributed by atoms with Gasteiger partial charge in [0.05, 0.1) is 0 Å². The Morgan fingerprint density at radius 3 is 2.71 bits per heavy atom. The van der Waals surface area contributed by atoms with E-state index in [9.17, 15) is 0 Å². The van der Waals surface area contributed by atoms with E-state index >= 15 is 0 Å². The Morgan fingerprint density at radius 2 is 2.00 bits per heavy atom. The van der Waals surface area contributed by atoms with Crippen molar-refractivity contribution in [3.8, 4) is 0 Å². The lowest BCUT2D eigenvalue weighted by Gasteiger charge is -2.05. The van der Waals surface area contributed by atoms with E-state index in [0.717, 1.165) is 37.5 Å². The van der Waals surface area contributed by atoms with Crippen molar-refractivity contribution < 1.29 is 4.52 Å². The van der Waals surface area contributed by atoms with Crippen molar-refractivity contribution >= 4 is 0 Å². The summed E-state index contributed by atoms with van der Waals surface area (Å²) in [5.41, 5.74) is 3.84. The number of hydrogen-bond acceptors (Lipinski definition) is 4. The molecule has 0 unspecified atom stereocenters. The second-order valence-corrected chi connectivity index (χ2v) is 5.91. The van der Waals surface area contributed by atoms with Gasteiger partial charge in [0.15, 0.2) is 5.82 Å². The third-order valence-electron chi connectivity index (χ3n) is 3.56. The second-order valence-electron chi connectivity index (χ2n) is 5.91. The summed E-state index contributed by atoms with van der Waals surface area (Å²) in [4.78, 5) is 4.47. The number of aromatic nitrogens is 2. The summed E-state index contributed by atoms with van der Waals surface area (Å²) in [6.45, 7) is 9.52. The molecule has 0 amide bonds. The maximum atomic E-state index is 5.31. The predicted molar refractivity (Wildman–Crippen MR) is 84.5 cm³/mol. The van der Waals surface area contributed by atoms with Gasteiger partial charge in [0.1, 0.15) is 0 Å². The maximum absolute atomic E-state index is 5.31. The standard InChI is InChI=1S/C17H25N3O/c1-12(2)18-9-5-6-17-19-16(20-21-17)11-15-8-7-13(3)14(4)10-15/h7-8,10,12,18H,5-6,9,11H2,1-4H3. The van der Waals surface area contributed by atoms with Crippen LogP contribution in [0.15, 0.2) is 22.7 Å². The van der Waals surface area contributed by atoms with Crippen LogP contribution < -0.4 is 5.32 Å². The Kier molecular flexibility index (Phi) is 5.51. The third-order valence-corrected chi connectivity index (χ3v) is 3.56. The van der Waals surface area contributed by atoms with Crippen molar-refractivity contribution in [1.29, 1.82) is 0 Å². The minimum absolute atomic E-state index is 0.521. The second kappa shape index (κ2) is 7.36. The van der Waals surface area contributed by atoms with Crippen LogP contribution in [0.4, 0.5) is 0 Å². The molecule has 21 heavy (non-hydrogen) atoms. The molecule has 2 rings (SSSR count). The molecule has 1 aromatic heterocycles. The molecule has 0 atom stereocenters. The van der Waals surface area contributed by atoms with Gasteiger partial charge in [-0.3, -0.25) is 0 Å². The molecule has 0 fully saturated rings. The summed E-state index contributed by atoms with van der Waals surface area (Å²) in [7, 11) is 0. The van der Waals surface area contributed by atoms with E-state index in [2.05, 4.69) is 61.4 Å². The third kappa shape index (κ3) is 4.97. The van der Waals surface area contributed by atoms with Gasteiger partial charge in [-0.25, -0.2) is 0 Å². The molecule has 1 aromatic carbocycles. The van der Waals surface area contributed by atoms with Crippen LogP contribution >= 0.6 is 0 Å². The molecule has 4 heteroatoms. The fraction of sp³-hybridized carbons (Fsp3) is 0.529. The van der Waals surface area contributed by atoms with Crippen molar-refractivity contribution in [3.05, 3.63) is 46.6 Å². The van der Waals surface area contributed by atoms with Crippen molar-refractivity contribution in [2.75, 3.05) is 6.54 Å². The fourth-order valence-corrected chi connectivity index (χ4v) is 2.19. The van der Waals surface area contributed by atoms with Crippen LogP contribution in [0.1, 0.15) is 48.7 Å². The van der Waals surface area contributed by atoms with Crippen molar-refractivity contribution in [1.82, 2.24) is 15.5 Å². The molecule has 0 radical (unpaired) electrons. The molecule has 0 bridgehead atoms. The monoisotopic (exact) mass is 287 g/mol. The van der Waals surface area contributed by atoms with Gasteiger partial charge in [0.25, 0.3) is 0 Å². The Balaban J connectivity index is 1.86. The van der Waals surface area contributed by atoms with E-state index in [4.69, 9.17) is 4.52 Å². The summed E-state index contributed by atoms with van der Waals surface area (Å²) in [6, 6.07) is 6.99. The number of rotatable bonds is 7. The highest BCUT2D eigenvalue weighted by Crippen LogP contribution is 2.13. The minimum Gasteiger partial charge on any atom is -0.339 e. The largest absolute Gasteiger partial charge is 0.339 e. The van der Waals surface area contributed by atoms with Crippen molar-refractivity contribution in [3.63, 3.8) is 0 Å². The van der Waals surface area contributed by atoms with Gasteiger partial charge in [-0.05, 0) is 43.5 Å². The zero-order valence-electron chi connectivity index (χ0n) is 13.4. The lowest BCUT2D eigenvalue weighted by atomic mass is 10.0. The van der Waals surface area contributed by atoms with E-state index in [-0.39, 0.29) is 0 Å². The molecule has 0 saturated heterocycles. The summed E-state index contributed by atoms with van der Waals surface area (Å²) in [6.07, 6.45) is 2.58. The van der Waals surface area contributed by atoms with Crippen LogP contribution in [0.5, 0.6) is 0 Å². The van der Waals surface area contributed by atoms with Crippen LogP contribution in [0.2, 0.25) is 0 Å². The number of aryl methyl sites for hydroxylation is 3. The van der Waals surface area contributed by atoms with Crippen molar-refractivity contribution in [2.45, 2.75) is 53.0 Å². The van der Waals surface area contributed by atoms with Crippen LogP contribution in [0.25, 0.3) is 0 Å². The molecule has 4 nitrogen and oxygen atoms in total. The Bertz CT molecular complexity index is 575. The first-order chi connectivity index (χ1) is 10.0.